The van der Waals surface area contributed by atoms with Gasteiger partial charge in [-0.25, -0.2) is 0 Å². The number of ether oxygens (including phenoxy) is 1. The van der Waals surface area contributed by atoms with E-state index in [0.717, 1.165) is 30.7 Å². The third-order valence-corrected chi connectivity index (χ3v) is 3.47. The Kier molecular flexibility index (Phi) is 7.16. The minimum absolute atomic E-state index is 0.200. The van der Waals surface area contributed by atoms with Crippen LogP contribution in [0.25, 0.3) is 6.08 Å². The Morgan fingerprint density at radius 1 is 1.27 bits per heavy atom. The number of carbonyl (C=O) groups excluding carboxylic acids is 1. The lowest BCUT2D eigenvalue weighted by Crippen LogP contribution is -2.40. The fourth-order valence-corrected chi connectivity index (χ4v) is 2.21. The minimum atomic E-state index is -0.341. The van der Waals surface area contributed by atoms with Gasteiger partial charge in [-0.3, -0.25) is 4.79 Å². The fraction of sp³-hybridized carbons (Fsp3) is 0.526. The average Bonchev–Trinajstić information content (AvgIpc) is 2.49. The Bertz CT molecular complexity index is 500. The van der Waals surface area contributed by atoms with E-state index in [9.17, 15) is 4.79 Å². The molecular formula is C19H29NO2. The first-order valence-electron chi connectivity index (χ1n) is 7.99. The molecule has 1 aromatic carbocycles. The van der Waals surface area contributed by atoms with Crippen molar-refractivity contribution in [1.82, 2.24) is 4.90 Å². The van der Waals surface area contributed by atoms with Gasteiger partial charge in [0.2, 0.25) is 5.91 Å². The SMILES string of the molecule is CCCCN(C/C=C/c1ccccc1OC)C(=O)C(C)(C)C. The standard InChI is InChI=1S/C19H29NO2/c1-6-7-14-20(18(21)19(2,3)4)15-10-12-16-11-8-9-13-17(16)22-5/h8-13H,6-7,14-15H2,1-5H3/b12-10+. The second-order valence-corrected chi connectivity index (χ2v) is 6.50. The number of para-hydroxylation sites is 1. The number of unbranched alkanes of at least 4 members (excludes halogenated alkanes) is 1. The largest absolute Gasteiger partial charge is 0.496 e. The highest BCUT2D eigenvalue weighted by Gasteiger charge is 2.26. The van der Waals surface area contributed by atoms with Crippen molar-refractivity contribution in [3.8, 4) is 5.75 Å². The summed E-state index contributed by atoms with van der Waals surface area (Å²) in [6, 6.07) is 7.89. The van der Waals surface area contributed by atoms with Crippen LogP contribution in [0.4, 0.5) is 0 Å². The van der Waals surface area contributed by atoms with Gasteiger partial charge in [0.15, 0.2) is 0 Å². The van der Waals surface area contributed by atoms with E-state index in [1.807, 2.05) is 62.1 Å². The number of methoxy groups -OCH3 is 1. The van der Waals surface area contributed by atoms with E-state index in [0.29, 0.717) is 6.54 Å². The molecule has 0 spiro atoms. The summed E-state index contributed by atoms with van der Waals surface area (Å²) >= 11 is 0. The van der Waals surface area contributed by atoms with Crippen LogP contribution in [0.3, 0.4) is 0 Å². The van der Waals surface area contributed by atoms with Crippen LogP contribution in [-0.4, -0.2) is 31.0 Å². The van der Waals surface area contributed by atoms with Crippen molar-refractivity contribution in [1.29, 1.82) is 0 Å². The van der Waals surface area contributed by atoms with Crippen molar-refractivity contribution in [3.63, 3.8) is 0 Å². The summed E-state index contributed by atoms with van der Waals surface area (Å²) in [5, 5.41) is 0. The topological polar surface area (TPSA) is 29.5 Å². The molecule has 0 bridgehead atoms. The number of benzene rings is 1. The highest BCUT2D eigenvalue weighted by molar-refractivity contribution is 5.81. The molecule has 1 amide bonds. The van der Waals surface area contributed by atoms with Crippen LogP contribution in [0.2, 0.25) is 0 Å². The van der Waals surface area contributed by atoms with Crippen LogP contribution in [0.1, 0.15) is 46.1 Å². The molecule has 0 fully saturated rings. The van der Waals surface area contributed by atoms with Gasteiger partial charge in [0, 0.05) is 24.1 Å². The number of rotatable bonds is 7. The molecule has 1 aromatic rings. The normalized spacial score (nSPS) is 11.7. The van der Waals surface area contributed by atoms with Gasteiger partial charge >= 0.3 is 0 Å². The van der Waals surface area contributed by atoms with Crippen LogP contribution < -0.4 is 4.74 Å². The Morgan fingerprint density at radius 2 is 1.95 bits per heavy atom. The molecule has 122 valence electrons. The predicted octanol–water partition coefficient (Wildman–Crippen LogP) is 4.38. The molecule has 0 N–H and O–H groups in total. The molecule has 0 aromatic heterocycles. The van der Waals surface area contributed by atoms with Crippen LogP contribution in [0.15, 0.2) is 30.3 Å². The number of nitrogens with zero attached hydrogens (tertiary/aromatic N) is 1. The maximum atomic E-state index is 12.5. The third-order valence-electron chi connectivity index (χ3n) is 3.47. The smallest absolute Gasteiger partial charge is 0.228 e. The van der Waals surface area contributed by atoms with Crippen molar-refractivity contribution in [2.45, 2.75) is 40.5 Å². The van der Waals surface area contributed by atoms with Crippen molar-refractivity contribution >= 4 is 12.0 Å². The molecule has 0 aliphatic heterocycles. The number of hydrogen-bond donors (Lipinski definition) is 0. The first-order valence-corrected chi connectivity index (χ1v) is 7.99. The van der Waals surface area contributed by atoms with Crippen LogP contribution >= 0.6 is 0 Å². The van der Waals surface area contributed by atoms with Crippen molar-refractivity contribution in [2.75, 3.05) is 20.2 Å². The number of amides is 1. The van der Waals surface area contributed by atoms with E-state index in [1.54, 1.807) is 7.11 Å². The lowest BCUT2D eigenvalue weighted by Gasteiger charge is -2.28. The summed E-state index contributed by atoms with van der Waals surface area (Å²) in [4.78, 5) is 14.4. The molecule has 0 atom stereocenters. The summed E-state index contributed by atoms with van der Waals surface area (Å²) in [5.74, 6) is 1.05. The number of hydrogen-bond acceptors (Lipinski definition) is 2. The lowest BCUT2D eigenvalue weighted by molar-refractivity contribution is -0.138. The molecule has 0 aliphatic rings. The van der Waals surface area contributed by atoms with E-state index in [1.165, 1.54) is 0 Å². The number of carbonyl (C=O) groups is 1. The average molecular weight is 303 g/mol. The van der Waals surface area contributed by atoms with Gasteiger partial charge in [-0.1, -0.05) is 64.5 Å². The molecule has 0 heterocycles. The van der Waals surface area contributed by atoms with E-state index in [2.05, 4.69) is 6.92 Å². The summed E-state index contributed by atoms with van der Waals surface area (Å²) in [5.41, 5.74) is 0.690. The summed E-state index contributed by atoms with van der Waals surface area (Å²) in [7, 11) is 1.67. The monoisotopic (exact) mass is 303 g/mol. The summed E-state index contributed by atoms with van der Waals surface area (Å²) < 4.78 is 5.34. The molecule has 3 nitrogen and oxygen atoms in total. The van der Waals surface area contributed by atoms with Crippen molar-refractivity contribution in [2.24, 2.45) is 5.41 Å². The van der Waals surface area contributed by atoms with Gasteiger partial charge in [-0.05, 0) is 12.5 Å². The zero-order valence-corrected chi connectivity index (χ0v) is 14.6. The van der Waals surface area contributed by atoms with Crippen LogP contribution in [-0.2, 0) is 4.79 Å². The minimum Gasteiger partial charge on any atom is -0.496 e. The van der Waals surface area contributed by atoms with Crippen molar-refractivity contribution < 1.29 is 9.53 Å². The predicted molar refractivity (Wildman–Crippen MR) is 93.0 cm³/mol. The quantitative estimate of drug-likeness (QED) is 0.748. The fourth-order valence-electron chi connectivity index (χ4n) is 2.21. The highest BCUT2D eigenvalue weighted by Crippen LogP contribution is 2.20. The van der Waals surface area contributed by atoms with Gasteiger partial charge < -0.3 is 9.64 Å². The molecule has 22 heavy (non-hydrogen) atoms. The first-order chi connectivity index (χ1) is 10.4. The summed E-state index contributed by atoms with van der Waals surface area (Å²) in [6.45, 7) is 9.50. The Labute approximate surface area is 135 Å². The molecule has 0 saturated carbocycles. The zero-order valence-electron chi connectivity index (χ0n) is 14.6. The van der Waals surface area contributed by atoms with Gasteiger partial charge in [0.25, 0.3) is 0 Å². The molecule has 0 aliphatic carbocycles. The molecule has 0 saturated heterocycles. The Morgan fingerprint density at radius 3 is 2.55 bits per heavy atom. The molecule has 3 heteroatoms. The first kappa shape index (κ1) is 18.3. The van der Waals surface area contributed by atoms with E-state index in [-0.39, 0.29) is 11.3 Å². The maximum absolute atomic E-state index is 12.5. The van der Waals surface area contributed by atoms with Gasteiger partial charge in [0.05, 0.1) is 7.11 Å². The Balaban J connectivity index is 2.78. The van der Waals surface area contributed by atoms with Gasteiger partial charge in [-0.2, -0.15) is 0 Å². The van der Waals surface area contributed by atoms with Crippen molar-refractivity contribution in [3.05, 3.63) is 35.9 Å². The van der Waals surface area contributed by atoms with E-state index < -0.39 is 0 Å². The molecule has 0 radical (unpaired) electrons. The third kappa shape index (κ3) is 5.55. The van der Waals surface area contributed by atoms with Crippen LogP contribution in [0, 0.1) is 5.41 Å². The summed E-state index contributed by atoms with van der Waals surface area (Å²) in [6.07, 6.45) is 6.18. The van der Waals surface area contributed by atoms with E-state index in [4.69, 9.17) is 4.74 Å². The van der Waals surface area contributed by atoms with Crippen LogP contribution in [0.5, 0.6) is 5.75 Å². The maximum Gasteiger partial charge on any atom is 0.228 e. The van der Waals surface area contributed by atoms with E-state index >= 15 is 0 Å². The second kappa shape index (κ2) is 8.62. The Hall–Kier alpha value is -1.77. The lowest BCUT2D eigenvalue weighted by atomic mass is 9.94. The molecular weight excluding hydrogens is 274 g/mol. The highest BCUT2D eigenvalue weighted by atomic mass is 16.5. The molecule has 0 unspecified atom stereocenters. The van der Waals surface area contributed by atoms with Gasteiger partial charge in [-0.15, -0.1) is 0 Å². The molecule has 1 rings (SSSR count). The van der Waals surface area contributed by atoms with Gasteiger partial charge in [0.1, 0.15) is 5.75 Å². The second-order valence-electron chi connectivity index (χ2n) is 6.50. The zero-order chi connectivity index (χ0) is 16.6.